The Hall–Kier alpha value is -5.93. The monoisotopic (exact) mass is 575 g/mol. The summed E-state index contributed by atoms with van der Waals surface area (Å²) in [4.78, 5) is 6.78. The summed E-state index contributed by atoms with van der Waals surface area (Å²) in [6, 6.07) is 54.7. The van der Waals surface area contributed by atoms with E-state index in [-0.39, 0.29) is 0 Å². The Kier molecular flexibility index (Phi) is 5.72. The molecule has 0 fully saturated rings. The van der Waals surface area contributed by atoms with E-state index in [1.165, 1.54) is 66.1 Å². The molecule has 0 aliphatic carbocycles. The van der Waals surface area contributed by atoms with Crippen LogP contribution in [0, 0.1) is 0 Å². The summed E-state index contributed by atoms with van der Waals surface area (Å²) in [5.41, 5.74) is 12.9. The molecule has 9 rings (SSSR count). The molecule has 0 radical (unpaired) electrons. The van der Waals surface area contributed by atoms with Crippen molar-refractivity contribution in [3.05, 3.63) is 157 Å². The van der Waals surface area contributed by atoms with E-state index in [1.54, 1.807) is 0 Å². The van der Waals surface area contributed by atoms with Crippen LogP contribution in [0.1, 0.15) is 5.56 Å². The molecule has 1 aromatic heterocycles. The van der Waals surface area contributed by atoms with E-state index in [9.17, 15) is 0 Å². The summed E-state index contributed by atoms with van der Waals surface area (Å²) in [5.74, 6) is 0. The molecule has 0 bridgehead atoms. The number of aliphatic imine (C=N–C) groups is 1. The zero-order chi connectivity index (χ0) is 29.9. The second-order valence-electron chi connectivity index (χ2n) is 11.7. The predicted octanol–water partition coefficient (Wildman–Crippen LogP) is 11.3. The fourth-order valence-electron chi connectivity index (χ4n) is 7.21. The third-order valence-corrected chi connectivity index (χ3v) is 9.28. The molecule has 0 amide bonds. The molecule has 0 N–H and O–H groups in total. The molecule has 0 saturated carbocycles. The number of para-hydroxylation sites is 4. The topological polar surface area (TPSA) is 20.5 Å². The highest BCUT2D eigenvalue weighted by Crippen LogP contribution is 2.48. The molecule has 0 saturated heterocycles. The molecule has 45 heavy (non-hydrogen) atoms. The molecular formula is C42H29N3. The third kappa shape index (κ3) is 3.94. The van der Waals surface area contributed by atoms with E-state index in [0.717, 1.165) is 23.6 Å². The lowest BCUT2D eigenvalue weighted by Crippen LogP contribution is -2.22. The van der Waals surface area contributed by atoms with E-state index in [0.29, 0.717) is 0 Å². The summed E-state index contributed by atoms with van der Waals surface area (Å²) in [7, 11) is 0. The van der Waals surface area contributed by atoms with Crippen LogP contribution in [0.2, 0.25) is 0 Å². The quantitative estimate of drug-likeness (QED) is 0.191. The number of hydrogen-bond acceptors (Lipinski definition) is 2. The lowest BCUT2D eigenvalue weighted by molar-refractivity contribution is 0.964. The molecule has 0 atom stereocenters. The maximum Gasteiger partial charge on any atom is 0.0859 e. The Labute approximate surface area is 262 Å². The van der Waals surface area contributed by atoms with Crippen LogP contribution in [0.3, 0.4) is 0 Å². The van der Waals surface area contributed by atoms with Crippen LogP contribution in [-0.2, 0) is 6.54 Å². The van der Waals surface area contributed by atoms with Gasteiger partial charge in [-0.2, -0.15) is 0 Å². The predicted molar refractivity (Wildman–Crippen MR) is 191 cm³/mol. The smallest absolute Gasteiger partial charge is 0.0859 e. The van der Waals surface area contributed by atoms with Gasteiger partial charge in [-0.25, -0.2) is 0 Å². The van der Waals surface area contributed by atoms with Gasteiger partial charge in [-0.05, 0) is 82.2 Å². The van der Waals surface area contributed by atoms with Crippen LogP contribution in [0.5, 0.6) is 0 Å². The zero-order valence-electron chi connectivity index (χ0n) is 24.7. The summed E-state index contributed by atoms with van der Waals surface area (Å²) in [6.45, 7) is 4.64. The van der Waals surface area contributed by atoms with E-state index in [1.807, 2.05) is 12.1 Å². The van der Waals surface area contributed by atoms with Crippen LogP contribution < -0.4 is 4.90 Å². The van der Waals surface area contributed by atoms with Crippen molar-refractivity contribution in [3.63, 3.8) is 0 Å². The highest BCUT2D eigenvalue weighted by atomic mass is 15.2. The Bertz CT molecular complexity index is 2380. The standard InChI is InChI=1S/C42H29N3/c1-43-37-14-6-9-17-40(37)44-27-31-19-18-29-10-2-3-11-33(29)42(31)36-25-22-30(26-41(36)44)28-20-23-32(24-21-28)45-38-15-7-4-12-34(38)35-13-5-8-16-39(35)45/h2-26H,1,27H2. The summed E-state index contributed by atoms with van der Waals surface area (Å²) < 4.78 is 2.37. The minimum absolute atomic E-state index is 0.760. The zero-order valence-corrected chi connectivity index (χ0v) is 24.7. The minimum Gasteiger partial charge on any atom is -0.335 e. The van der Waals surface area contributed by atoms with E-state index < -0.39 is 0 Å². The fraction of sp³-hybridized carbons (Fsp3) is 0.0238. The Balaban J connectivity index is 1.20. The Morgan fingerprint density at radius 1 is 0.533 bits per heavy atom. The van der Waals surface area contributed by atoms with Crippen molar-refractivity contribution < 1.29 is 0 Å². The van der Waals surface area contributed by atoms with Gasteiger partial charge in [-0.15, -0.1) is 0 Å². The lowest BCUT2D eigenvalue weighted by Gasteiger charge is -2.34. The molecule has 0 unspecified atom stereocenters. The molecule has 1 aliphatic rings. The molecule has 3 heteroatoms. The second-order valence-corrected chi connectivity index (χ2v) is 11.7. The maximum absolute atomic E-state index is 4.39. The van der Waals surface area contributed by atoms with Gasteiger partial charge in [0.15, 0.2) is 0 Å². The van der Waals surface area contributed by atoms with Gasteiger partial charge in [0, 0.05) is 28.6 Å². The van der Waals surface area contributed by atoms with E-state index in [2.05, 4.69) is 161 Å². The van der Waals surface area contributed by atoms with Crippen molar-refractivity contribution in [2.24, 2.45) is 4.99 Å². The van der Waals surface area contributed by atoms with Crippen LogP contribution in [0.15, 0.2) is 157 Å². The first-order valence-corrected chi connectivity index (χ1v) is 15.4. The second kappa shape index (κ2) is 10.1. The average Bonchev–Trinajstić information content (AvgIpc) is 3.45. The summed E-state index contributed by atoms with van der Waals surface area (Å²) in [5, 5.41) is 5.09. The first kappa shape index (κ1) is 25.6. The number of rotatable bonds is 4. The first-order chi connectivity index (χ1) is 22.3. The summed E-state index contributed by atoms with van der Waals surface area (Å²) in [6.07, 6.45) is 0. The lowest BCUT2D eigenvalue weighted by atomic mass is 9.87. The number of aromatic nitrogens is 1. The van der Waals surface area contributed by atoms with Gasteiger partial charge in [0.25, 0.3) is 0 Å². The van der Waals surface area contributed by atoms with Crippen molar-refractivity contribution >= 4 is 56.4 Å². The summed E-state index contributed by atoms with van der Waals surface area (Å²) >= 11 is 0. The first-order valence-electron chi connectivity index (χ1n) is 15.4. The van der Waals surface area contributed by atoms with Gasteiger partial charge in [0.05, 0.1) is 28.1 Å². The van der Waals surface area contributed by atoms with Gasteiger partial charge in [-0.1, -0.05) is 109 Å². The van der Waals surface area contributed by atoms with Crippen molar-refractivity contribution in [3.8, 4) is 27.9 Å². The van der Waals surface area contributed by atoms with Gasteiger partial charge in [-0.3, -0.25) is 4.99 Å². The molecule has 7 aromatic carbocycles. The molecular weight excluding hydrogens is 546 g/mol. The van der Waals surface area contributed by atoms with Gasteiger partial charge >= 0.3 is 0 Å². The highest BCUT2D eigenvalue weighted by molar-refractivity contribution is 6.09. The number of anilines is 2. The van der Waals surface area contributed by atoms with Crippen LogP contribution >= 0.6 is 0 Å². The molecule has 212 valence electrons. The van der Waals surface area contributed by atoms with Crippen LogP contribution in [-0.4, -0.2) is 11.3 Å². The fourth-order valence-corrected chi connectivity index (χ4v) is 7.21. The number of benzene rings is 7. The minimum atomic E-state index is 0.760. The van der Waals surface area contributed by atoms with Crippen molar-refractivity contribution in [1.82, 2.24) is 4.57 Å². The van der Waals surface area contributed by atoms with Gasteiger partial charge in [0.1, 0.15) is 0 Å². The van der Waals surface area contributed by atoms with Crippen molar-refractivity contribution in [2.45, 2.75) is 6.54 Å². The van der Waals surface area contributed by atoms with Gasteiger partial charge in [0.2, 0.25) is 0 Å². The molecule has 1 aliphatic heterocycles. The Morgan fingerprint density at radius 3 is 1.93 bits per heavy atom. The molecule has 0 spiro atoms. The number of nitrogens with zero attached hydrogens (tertiary/aromatic N) is 3. The average molecular weight is 576 g/mol. The number of fused-ring (bicyclic) bond motifs is 8. The maximum atomic E-state index is 4.39. The van der Waals surface area contributed by atoms with Crippen LogP contribution in [0.25, 0.3) is 60.5 Å². The van der Waals surface area contributed by atoms with E-state index >= 15 is 0 Å². The van der Waals surface area contributed by atoms with Gasteiger partial charge < -0.3 is 9.47 Å². The van der Waals surface area contributed by atoms with Crippen LogP contribution in [0.4, 0.5) is 17.1 Å². The normalized spacial score (nSPS) is 12.4. The third-order valence-electron chi connectivity index (χ3n) is 9.28. The Morgan fingerprint density at radius 2 is 1.18 bits per heavy atom. The van der Waals surface area contributed by atoms with E-state index in [4.69, 9.17) is 0 Å². The SMILES string of the molecule is C=Nc1ccccc1N1Cc2ccc3ccccc3c2-c2ccc(-c3ccc(-n4c5ccccc5c5ccccc54)cc3)cc21. The number of hydrogen-bond donors (Lipinski definition) is 0. The van der Waals surface area contributed by atoms with Crippen molar-refractivity contribution in [1.29, 1.82) is 0 Å². The highest BCUT2D eigenvalue weighted by Gasteiger charge is 2.26. The largest absolute Gasteiger partial charge is 0.335 e. The van der Waals surface area contributed by atoms with Crippen molar-refractivity contribution in [2.75, 3.05) is 4.90 Å². The molecule has 2 heterocycles. The molecule has 8 aromatic rings. The molecule has 3 nitrogen and oxygen atoms in total.